The molecule has 3 heterocycles. The molecule has 0 atom stereocenters. The molecule has 1 N–H and O–H groups in total. The van der Waals surface area contributed by atoms with Gasteiger partial charge in [-0.1, -0.05) is 29.2 Å². The summed E-state index contributed by atoms with van der Waals surface area (Å²) >= 11 is 2.83. The maximum Gasteiger partial charge on any atom is 0.367 e. The molecule has 8 nitrogen and oxygen atoms in total. The topological polar surface area (TPSA) is 83.4 Å². The van der Waals surface area contributed by atoms with Gasteiger partial charge in [-0.2, -0.15) is 4.98 Å². The summed E-state index contributed by atoms with van der Waals surface area (Å²) in [4.78, 5) is 36.9. The lowest BCUT2D eigenvalue weighted by Gasteiger charge is -2.37. The second kappa shape index (κ2) is 9.44. The number of fused-ring (bicyclic) bond motifs is 2. The summed E-state index contributed by atoms with van der Waals surface area (Å²) in [6.45, 7) is 5.55. The summed E-state index contributed by atoms with van der Waals surface area (Å²) < 4.78 is 2.87. The number of aryl methyl sites for hydroxylation is 1. The molecular formula is C23H28N6O2S2. The number of likely N-dealkylation sites (N-methyl/N-ethyl adjacent to an activating group) is 1. The average Bonchev–Trinajstić information content (AvgIpc) is 3.19. The number of aromatic nitrogens is 3. The van der Waals surface area contributed by atoms with Gasteiger partial charge in [0.25, 0.3) is 0 Å². The normalized spacial score (nSPS) is 16.7. The number of rotatable bonds is 5. The largest absolute Gasteiger partial charge is 0.367 e. The van der Waals surface area contributed by atoms with Crippen LogP contribution in [0.15, 0.2) is 28.0 Å². The molecule has 1 amide bonds. The maximum atomic E-state index is 13.0. The maximum absolute atomic E-state index is 13.0. The van der Waals surface area contributed by atoms with E-state index < -0.39 is 0 Å². The van der Waals surface area contributed by atoms with Gasteiger partial charge >= 0.3 is 5.69 Å². The molecule has 10 heteroatoms. The zero-order valence-electron chi connectivity index (χ0n) is 19.0. The molecule has 0 spiro atoms. The van der Waals surface area contributed by atoms with Crippen LogP contribution < -0.4 is 16.0 Å². The monoisotopic (exact) mass is 484 g/mol. The SMILES string of the molecule is Cc1ccc2nc(NC(=O)CSc3nc(=O)n(N4CCN(C)CC4)c4c3CCCC4)sc2c1. The number of carbonyl (C=O) groups is 1. The number of carbonyl (C=O) groups excluding carboxylic acids is 1. The Bertz CT molecular complexity index is 1250. The highest BCUT2D eigenvalue weighted by molar-refractivity contribution is 8.00. The third-order valence-electron chi connectivity index (χ3n) is 6.22. The van der Waals surface area contributed by atoms with Crippen LogP contribution in [0.3, 0.4) is 0 Å². The Balaban J connectivity index is 1.32. The van der Waals surface area contributed by atoms with E-state index >= 15 is 0 Å². The Kier molecular flexibility index (Phi) is 6.40. The molecule has 0 bridgehead atoms. The first-order valence-corrected chi connectivity index (χ1v) is 13.2. The number of nitrogens with one attached hydrogen (secondary N) is 1. The molecule has 33 heavy (non-hydrogen) atoms. The van der Waals surface area contributed by atoms with Crippen molar-refractivity contribution >= 4 is 44.4 Å². The summed E-state index contributed by atoms with van der Waals surface area (Å²) in [5.41, 5.74) is 4.03. The minimum Gasteiger partial charge on any atom is -0.306 e. The summed E-state index contributed by atoms with van der Waals surface area (Å²) in [5.74, 6) is 0.0668. The first kappa shape index (κ1) is 22.4. The number of nitrogens with zero attached hydrogens (tertiary/aromatic N) is 5. The van der Waals surface area contributed by atoms with Gasteiger partial charge in [0.2, 0.25) is 5.91 Å². The van der Waals surface area contributed by atoms with Crippen LogP contribution in [0.4, 0.5) is 5.13 Å². The lowest BCUT2D eigenvalue weighted by molar-refractivity contribution is -0.113. The molecule has 174 valence electrons. The number of benzene rings is 1. The molecule has 0 radical (unpaired) electrons. The Labute approximate surface area is 201 Å². The van der Waals surface area contributed by atoms with Gasteiger partial charge < -0.3 is 15.2 Å². The van der Waals surface area contributed by atoms with Crippen LogP contribution in [0.25, 0.3) is 10.2 Å². The molecule has 0 saturated carbocycles. The van der Waals surface area contributed by atoms with Crippen molar-refractivity contribution in [3.63, 3.8) is 0 Å². The molecule has 2 aliphatic rings. The summed E-state index contributed by atoms with van der Waals surface area (Å²) in [5, 5.41) is 6.34. The fourth-order valence-electron chi connectivity index (χ4n) is 4.45. The van der Waals surface area contributed by atoms with Gasteiger partial charge in [-0.05, 0) is 57.4 Å². The van der Waals surface area contributed by atoms with Gasteiger partial charge in [-0.15, -0.1) is 0 Å². The lowest BCUT2D eigenvalue weighted by atomic mass is 9.97. The van der Waals surface area contributed by atoms with Gasteiger partial charge in [-0.25, -0.2) is 14.5 Å². The second-order valence-electron chi connectivity index (χ2n) is 8.73. The van der Waals surface area contributed by atoms with E-state index in [1.807, 2.05) is 23.7 Å². The lowest BCUT2D eigenvalue weighted by Crippen LogP contribution is -2.54. The van der Waals surface area contributed by atoms with Crippen molar-refractivity contribution in [1.82, 2.24) is 19.5 Å². The third-order valence-corrected chi connectivity index (χ3v) is 8.17. The first-order chi connectivity index (χ1) is 16.0. The smallest absolute Gasteiger partial charge is 0.306 e. The number of piperazine rings is 1. The van der Waals surface area contributed by atoms with Crippen molar-refractivity contribution in [2.24, 2.45) is 0 Å². The van der Waals surface area contributed by atoms with Crippen LogP contribution in [0.1, 0.15) is 29.7 Å². The minimum absolute atomic E-state index is 0.134. The fraction of sp³-hybridized carbons (Fsp3) is 0.478. The Morgan fingerprint density at radius 2 is 1.94 bits per heavy atom. The number of anilines is 1. The van der Waals surface area contributed by atoms with Crippen LogP contribution >= 0.6 is 23.1 Å². The van der Waals surface area contributed by atoms with Gasteiger partial charge in [0.05, 0.1) is 21.7 Å². The molecule has 1 aromatic carbocycles. The molecule has 1 saturated heterocycles. The van der Waals surface area contributed by atoms with E-state index in [9.17, 15) is 9.59 Å². The number of hydrogen-bond donors (Lipinski definition) is 1. The highest BCUT2D eigenvalue weighted by Gasteiger charge is 2.25. The van der Waals surface area contributed by atoms with Gasteiger partial charge in [-0.3, -0.25) is 4.79 Å². The van der Waals surface area contributed by atoms with Crippen molar-refractivity contribution in [2.45, 2.75) is 37.6 Å². The zero-order valence-corrected chi connectivity index (χ0v) is 20.6. The fourth-order valence-corrected chi connectivity index (χ4v) is 6.31. The van der Waals surface area contributed by atoms with E-state index in [1.54, 1.807) is 0 Å². The molecule has 3 aromatic rings. The van der Waals surface area contributed by atoms with Crippen molar-refractivity contribution in [2.75, 3.05) is 49.3 Å². The molecule has 2 aromatic heterocycles. The van der Waals surface area contributed by atoms with Crippen LogP contribution in [-0.2, 0) is 17.6 Å². The van der Waals surface area contributed by atoms with Crippen molar-refractivity contribution < 1.29 is 4.79 Å². The van der Waals surface area contributed by atoms with Gasteiger partial charge in [0.1, 0.15) is 5.03 Å². The van der Waals surface area contributed by atoms with Gasteiger partial charge in [0, 0.05) is 31.7 Å². The van der Waals surface area contributed by atoms with E-state index in [0.29, 0.717) is 10.2 Å². The summed E-state index contributed by atoms with van der Waals surface area (Å²) in [6.07, 6.45) is 3.94. The van der Waals surface area contributed by atoms with Crippen LogP contribution in [0, 0.1) is 6.92 Å². The molecule has 1 aliphatic carbocycles. The van der Waals surface area contributed by atoms with Gasteiger partial charge in [0.15, 0.2) is 5.13 Å². The molecule has 5 rings (SSSR count). The highest BCUT2D eigenvalue weighted by atomic mass is 32.2. The van der Waals surface area contributed by atoms with Crippen molar-refractivity contribution in [3.05, 3.63) is 45.5 Å². The van der Waals surface area contributed by atoms with Crippen LogP contribution in [-0.4, -0.2) is 64.4 Å². The van der Waals surface area contributed by atoms with E-state index in [2.05, 4.69) is 38.3 Å². The van der Waals surface area contributed by atoms with E-state index in [0.717, 1.165) is 73.3 Å². The van der Waals surface area contributed by atoms with Crippen LogP contribution in [0.5, 0.6) is 0 Å². The summed E-state index contributed by atoms with van der Waals surface area (Å²) in [7, 11) is 2.11. The number of hydrogen-bond acceptors (Lipinski definition) is 8. The average molecular weight is 485 g/mol. The number of thioether (sulfide) groups is 1. The minimum atomic E-state index is -0.232. The van der Waals surface area contributed by atoms with E-state index in [1.165, 1.54) is 28.7 Å². The predicted molar refractivity (Wildman–Crippen MR) is 134 cm³/mol. The molecule has 1 aliphatic heterocycles. The first-order valence-electron chi connectivity index (χ1n) is 11.4. The molecule has 1 fully saturated rings. The second-order valence-corrected chi connectivity index (χ2v) is 10.7. The molecule has 0 unspecified atom stereocenters. The number of thiazole rings is 1. The quantitative estimate of drug-likeness (QED) is 0.440. The Morgan fingerprint density at radius 1 is 1.15 bits per heavy atom. The third kappa shape index (κ3) is 4.78. The Hall–Kier alpha value is -2.43. The molecular weight excluding hydrogens is 456 g/mol. The van der Waals surface area contributed by atoms with Crippen LogP contribution in [0.2, 0.25) is 0 Å². The Morgan fingerprint density at radius 3 is 2.76 bits per heavy atom. The summed E-state index contributed by atoms with van der Waals surface area (Å²) in [6, 6.07) is 6.06. The number of amides is 1. The van der Waals surface area contributed by atoms with Crippen molar-refractivity contribution in [3.8, 4) is 0 Å². The van der Waals surface area contributed by atoms with E-state index in [4.69, 9.17) is 0 Å². The standard InChI is InChI=1S/C23H28N6O2S2/c1-15-7-8-17-19(13-15)33-22(24-17)25-20(30)14-32-21-16-5-3-4-6-18(16)29(23(31)26-21)28-11-9-27(2)10-12-28/h7-8,13H,3-6,9-12,14H2,1-2H3,(H,24,25,30). The zero-order chi connectivity index (χ0) is 22.9. The highest BCUT2D eigenvalue weighted by Crippen LogP contribution is 2.30. The van der Waals surface area contributed by atoms with Crippen molar-refractivity contribution in [1.29, 1.82) is 0 Å². The predicted octanol–water partition coefficient (Wildman–Crippen LogP) is 2.65. The van der Waals surface area contributed by atoms with E-state index in [-0.39, 0.29) is 17.3 Å².